The van der Waals surface area contributed by atoms with E-state index in [9.17, 15) is 4.79 Å². The quantitative estimate of drug-likeness (QED) is 0.524. The van der Waals surface area contributed by atoms with Crippen molar-refractivity contribution in [2.24, 2.45) is 0 Å². The van der Waals surface area contributed by atoms with Crippen LogP contribution in [-0.2, 0) is 15.1 Å². The summed E-state index contributed by atoms with van der Waals surface area (Å²) < 4.78 is 5.10. The maximum Gasteiger partial charge on any atom is 0.304 e. The molecular formula is C12H12O2. The lowest BCUT2D eigenvalue weighted by Gasteiger charge is -2.23. The summed E-state index contributed by atoms with van der Waals surface area (Å²) >= 11 is 0. The number of ether oxygens (including phenoxy) is 1. The number of terminal acetylenes is 1. The number of hydrogen-bond donors (Lipinski definition) is 0. The Morgan fingerprint density at radius 2 is 2.00 bits per heavy atom. The number of carbonyl (C=O) groups is 1. The molecule has 0 heterocycles. The normalized spacial score (nSPS) is 13.8. The highest BCUT2D eigenvalue weighted by Crippen LogP contribution is 2.24. The standard InChI is InChI=1S/C12H12O2/c1-4-12(3,14-10(2)13)11-8-6-5-7-9-11/h1,5-9H,2-3H3/t12-/m1/s1. The zero-order valence-electron chi connectivity index (χ0n) is 8.28. The van der Waals surface area contributed by atoms with E-state index in [0.29, 0.717) is 0 Å². The van der Waals surface area contributed by atoms with Gasteiger partial charge >= 0.3 is 5.97 Å². The number of esters is 1. The molecule has 1 rings (SSSR count). The Bertz CT molecular complexity index is 362. The molecular weight excluding hydrogens is 176 g/mol. The van der Waals surface area contributed by atoms with Crippen LogP contribution in [0.5, 0.6) is 0 Å². The van der Waals surface area contributed by atoms with Crippen molar-refractivity contribution in [3.63, 3.8) is 0 Å². The fourth-order valence-electron chi connectivity index (χ4n) is 1.22. The molecule has 0 aliphatic rings. The smallest absolute Gasteiger partial charge is 0.304 e. The molecule has 0 unspecified atom stereocenters. The molecule has 0 N–H and O–H groups in total. The number of hydrogen-bond acceptors (Lipinski definition) is 2. The average molecular weight is 188 g/mol. The van der Waals surface area contributed by atoms with Crippen molar-refractivity contribution in [1.29, 1.82) is 0 Å². The lowest BCUT2D eigenvalue weighted by molar-refractivity contribution is -0.151. The van der Waals surface area contributed by atoms with E-state index in [1.54, 1.807) is 6.92 Å². The molecule has 72 valence electrons. The first-order valence-electron chi connectivity index (χ1n) is 4.31. The van der Waals surface area contributed by atoms with Crippen LogP contribution < -0.4 is 0 Å². The third-order valence-electron chi connectivity index (χ3n) is 1.95. The van der Waals surface area contributed by atoms with Gasteiger partial charge in [-0.2, -0.15) is 0 Å². The van der Waals surface area contributed by atoms with Gasteiger partial charge in [0, 0.05) is 12.5 Å². The summed E-state index contributed by atoms with van der Waals surface area (Å²) in [6.45, 7) is 3.04. The summed E-state index contributed by atoms with van der Waals surface area (Å²) in [7, 11) is 0. The Hall–Kier alpha value is -1.75. The molecule has 1 atom stereocenters. The van der Waals surface area contributed by atoms with Crippen molar-refractivity contribution in [3.05, 3.63) is 35.9 Å². The summed E-state index contributed by atoms with van der Waals surface area (Å²) in [5, 5.41) is 0. The third-order valence-corrected chi connectivity index (χ3v) is 1.95. The minimum Gasteiger partial charge on any atom is -0.442 e. The van der Waals surface area contributed by atoms with E-state index in [4.69, 9.17) is 11.2 Å². The largest absolute Gasteiger partial charge is 0.442 e. The van der Waals surface area contributed by atoms with Crippen molar-refractivity contribution in [2.75, 3.05) is 0 Å². The molecule has 0 aliphatic carbocycles. The molecule has 0 fully saturated rings. The topological polar surface area (TPSA) is 26.3 Å². The molecule has 2 heteroatoms. The zero-order valence-corrected chi connectivity index (χ0v) is 8.28. The highest BCUT2D eigenvalue weighted by molar-refractivity contribution is 5.67. The monoisotopic (exact) mass is 188 g/mol. The minimum absolute atomic E-state index is 0.380. The third kappa shape index (κ3) is 2.14. The predicted molar refractivity (Wildman–Crippen MR) is 54.4 cm³/mol. The molecule has 1 aromatic rings. The summed E-state index contributed by atoms with van der Waals surface area (Å²) in [6.07, 6.45) is 5.36. The van der Waals surface area contributed by atoms with Crippen LogP contribution in [0, 0.1) is 12.3 Å². The van der Waals surface area contributed by atoms with Crippen LogP contribution in [-0.4, -0.2) is 5.97 Å². The van der Waals surface area contributed by atoms with Crippen LogP contribution in [0.1, 0.15) is 19.4 Å². The maximum atomic E-state index is 10.9. The predicted octanol–water partition coefficient (Wildman–Crippen LogP) is 2.10. The van der Waals surface area contributed by atoms with Gasteiger partial charge in [0.15, 0.2) is 5.60 Å². The van der Waals surface area contributed by atoms with E-state index in [0.717, 1.165) is 5.56 Å². The molecule has 0 radical (unpaired) electrons. The van der Waals surface area contributed by atoms with Gasteiger partial charge in [-0.25, -0.2) is 0 Å². The lowest BCUT2D eigenvalue weighted by atomic mass is 9.97. The molecule has 0 aliphatic heterocycles. The maximum absolute atomic E-state index is 10.9. The van der Waals surface area contributed by atoms with Gasteiger partial charge in [0.2, 0.25) is 0 Å². The first-order chi connectivity index (χ1) is 6.58. The second kappa shape index (κ2) is 3.97. The van der Waals surface area contributed by atoms with Gasteiger partial charge in [0.05, 0.1) is 0 Å². The van der Waals surface area contributed by atoms with Crippen molar-refractivity contribution >= 4 is 5.97 Å². The van der Waals surface area contributed by atoms with E-state index in [1.807, 2.05) is 30.3 Å². The first-order valence-corrected chi connectivity index (χ1v) is 4.31. The van der Waals surface area contributed by atoms with Gasteiger partial charge in [0.25, 0.3) is 0 Å². The van der Waals surface area contributed by atoms with Gasteiger partial charge in [-0.05, 0) is 6.92 Å². The second-order valence-corrected chi connectivity index (χ2v) is 3.14. The number of benzene rings is 1. The molecule has 0 aromatic heterocycles. The van der Waals surface area contributed by atoms with E-state index < -0.39 is 5.60 Å². The summed E-state index contributed by atoms with van der Waals surface area (Å²) in [6, 6.07) is 9.27. The van der Waals surface area contributed by atoms with Gasteiger partial charge in [0.1, 0.15) is 0 Å². The molecule has 2 nitrogen and oxygen atoms in total. The first kappa shape index (κ1) is 10.3. The summed E-state index contributed by atoms with van der Waals surface area (Å²) in [5.41, 5.74) is -0.162. The van der Waals surface area contributed by atoms with E-state index in [-0.39, 0.29) is 5.97 Å². The van der Waals surface area contributed by atoms with Crippen LogP contribution >= 0.6 is 0 Å². The Morgan fingerprint density at radius 1 is 1.43 bits per heavy atom. The SMILES string of the molecule is C#C[C@@](C)(OC(C)=O)c1ccccc1. The Labute approximate surface area is 83.9 Å². The van der Waals surface area contributed by atoms with Crippen molar-refractivity contribution in [2.45, 2.75) is 19.4 Å². The molecule has 0 amide bonds. The van der Waals surface area contributed by atoms with Crippen LogP contribution in [0.2, 0.25) is 0 Å². The Kier molecular flexibility index (Phi) is 2.93. The average Bonchev–Trinajstić information content (AvgIpc) is 2.18. The van der Waals surface area contributed by atoms with Gasteiger partial charge in [-0.15, -0.1) is 6.42 Å². The molecule has 14 heavy (non-hydrogen) atoms. The van der Waals surface area contributed by atoms with Crippen LogP contribution in [0.15, 0.2) is 30.3 Å². The van der Waals surface area contributed by atoms with Crippen molar-refractivity contribution < 1.29 is 9.53 Å². The van der Waals surface area contributed by atoms with Gasteiger partial charge < -0.3 is 4.74 Å². The van der Waals surface area contributed by atoms with Gasteiger partial charge in [-0.1, -0.05) is 36.3 Å². The molecule has 0 spiro atoms. The zero-order chi connectivity index (χ0) is 10.6. The molecule has 0 bridgehead atoms. The summed E-state index contributed by atoms with van der Waals surface area (Å²) in [4.78, 5) is 10.9. The van der Waals surface area contributed by atoms with Crippen molar-refractivity contribution in [3.8, 4) is 12.3 Å². The fraction of sp³-hybridized carbons (Fsp3) is 0.250. The highest BCUT2D eigenvalue weighted by atomic mass is 16.6. The van der Waals surface area contributed by atoms with E-state index >= 15 is 0 Å². The molecule has 0 saturated carbocycles. The molecule has 1 aromatic carbocycles. The fourth-order valence-corrected chi connectivity index (χ4v) is 1.22. The minimum atomic E-state index is -0.965. The number of rotatable bonds is 2. The van der Waals surface area contributed by atoms with Crippen LogP contribution in [0.25, 0.3) is 0 Å². The van der Waals surface area contributed by atoms with E-state index in [2.05, 4.69) is 5.92 Å². The Balaban J connectivity index is 3.03. The van der Waals surface area contributed by atoms with E-state index in [1.165, 1.54) is 6.92 Å². The summed E-state index contributed by atoms with van der Waals surface area (Å²) in [5.74, 6) is 2.10. The van der Waals surface area contributed by atoms with Crippen LogP contribution in [0.4, 0.5) is 0 Å². The van der Waals surface area contributed by atoms with Crippen LogP contribution in [0.3, 0.4) is 0 Å². The number of carbonyl (C=O) groups excluding carboxylic acids is 1. The lowest BCUT2D eigenvalue weighted by Crippen LogP contribution is -2.26. The molecule has 0 saturated heterocycles. The van der Waals surface area contributed by atoms with Crippen molar-refractivity contribution in [1.82, 2.24) is 0 Å². The Morgan fingerprint density at radius 3 is 2.43 bits per heavy atom. The second-order valence-electron chi connectivity index (χ2n) is 3.14. The van der Waals surface area contributed by atoms with Gasteiger partial charge in [-0.3, -0.25) is 4.79 Å². The highest BCUT2D eigenvalue weighted by Gasteiger charge is 2.26.